The molecule has 9 nitrogen and oxygen atoms in total. The fourth-order valence-electron chi connectivity index (χ4n) is 4.00. The summed E-state index contributed by atoms with van der Waals surface area (Å²) in [6, 6.07) is 4.39. The van der Waals surface area contributed by atoms with Gasteiger partial charge in [0.1, 0.15) is 5.82 Å². The fraction of sp³-hybridized carbons (Fsp3) is 0.591. The summed E-state index contributed by atoms with van der Waals surface area (Å²) < 4.78 is 71.6. The van der Waals surface area contributed by atoms with Crippen LogP contribution in [0.25, 0.3) is 0 Å². The zero-order chi connectivity index (χ0) is 28.6. The minimum atomic E-state index is -5.08. The summed E-state index contributed by atoms with van der Waals surface area (Å²) in [4.78, 5) is 28.9. The predicted octanol–water partition coefficient (Wildman–Crippen LogP) is 3.47. The number of likely N-dealkylation sites (tertiary alicyclic amines) is 1. The maximum Gasteiger partial charge on any atom is 0.490 e. The van der Waals surface area contributed by atoms with Gasteiger partial charge in [-0.2, -0.15) is 26.3 Å². The highest BCUT2D eigenvalue weighted by Crippen LogP contribution is 2.35. The van der Waals surface area contributed by atoms with Crippen molar-refractivity contribution in [1.82, 2.24) is 19.4 Å². The Bertz CT molecular complexity index is 1010. The molecule has 1 unspecified atom stereocenters. The molecular formula is C22H28F6N4O5S. The molecule has 0 aromatic carbocycles. The van der Waals surface area contributed by atoms with E-state index in [9.17, 15) is 26.3 Å². The van der Waals surface area contributed by atoms with Crippen LogP contribution in [0.5, 0.6) is 0 Å². The van der Waals surface area contributed by atoms with Gasteiger partial charge in [-0.3, -0.25) is 9.80 Å². The zero-order valence-electron chi connectivity index (χ0n) is 20.3. The van der Waals surface area contributed by atoms with Crippen LogP contribution in [-0.2, 0) is 34.5 Å². The molecule has 1 spiro atoms. The van der Waals surface area contributed by atoms with Gasteiger partial charge in [0, 0.05) is 55.9 Å². The lowest BCUT2D eigenvalue weighted by Gasteiger charge is -2.31. The molecule has 0 saturated carbocycles. The van der Waals surface area contributed by atoms with Crippen LogP contribution in [0.4, 0.5) is 26.3 Å². The molecule has 1 atom stereocenters. The second-order valence-corrected chi connectivity index (χ2v) is 9.90. The lowest BCUT2D eigenvalue weighted by Crippen LogP contribution is -2.40. The first kappa shape index (κ1) is 31.5. The molecule has 4 rings (SSSR count). The lowest BCUT2D eigenvalue weighted by atomic mass is 9.87. The van der Waals surface area contributed by atoms with E-state index in [1.165, 1.54) is 17.8 Å². The summed E-state index contributed by atoms with van der Waals surface area (Å²) in [5.41, 5.74) is 0.277. The molecule has 38 heavy (non-hydrogen) atoms. The number of hydrogen-bond donors (Lipinski definition) is 2. The Kier molecular flexibility index (Phi) is 11.1. The largest absolute Gasteiger partial charge is 0.490 e. The van der Waals surface area contributed by atoms with Crippen LogP contribution < -0.4 is 0 Å². The third kappa shape index (κ3) is 10.2. The number of aliphatic carboxylic acids is 2. The van der Waals surface area contributed by atoms with E-state index in [0.717, 1.165) is 51.8 Å². The van der Waals surface area contributed by atoms with Crippen LogP contribution in [0.2, 0.25) is 0 Å². The molecule has 2 aliphatic rings. The standard InChI is InChI=1S/C18H26N4OS.2C2HF3O2/c1-20-7-5-19-17(20)12-22-8-9-23-15-18(14-22)4-6-21(13-18)11-16-3-2-10-24-16;2*3-2(4,5)1(6)7/h2-3,5,7,10H,4,6,8-9,11-15H2,1H3;2*(H,6,7). The molecule has 0 radical (unpaired) electrons. The monoisotopic (exact) mass is 574 g/mol. The molecule has 2 fully saturated rings. The van der Waals surface area contributed by atoms with Gasteiger partial charge in [-0.15, -0.1) is 11.3 Å². The average Bonchev–Trinajstić information content (AvgIpc) is 3.51. The molecule has 16 heteroatoms. The Morgan fingerprint density at radius 3 is 2.11 bits per heavy atom. The smallest absolute Gasteiger partial charge is 0.475 e. The van der Waals surface area contributed by atoms with Crippen LogP contribution >= 0.6 is 11.3 Å². The van der Waals surface area contributed by atoms with E-state index in [1.807, 2.05) is 23.7 Å². The predicted molar refractivity (Wildman–Crippen MR) is 123 cm³/mol. The van der Waals surface area contributed by atoms with Crippen LogP contribution in [0, 0.1) is 5.41 Å². The number of thiophene rings is 1. The summed E-state index contributed by atoms with van der Waals surface area (Å²) in [5, 5.41) is 16.4. The van der Waals surface area contributed by atoms with E-state index in [2.05, 4.69) is 43.9 Å². The first-order valence-corrected chi connectivity index (χ1v) is 12.1. The van der Waals surface area contributed by atoms with Gasteiger partial charge >= 0.3 is 24.3 Å². The third-order valence-corrected chi connectivity index (χ3v) is 6.63. The second kappa shape index (κ2) is 13.4. The van der Waals surface area contributed by atoms with Crippen LogP contribution in [-0.4, -0.2) is 93.2 Å². The first-order valence-electron chi connectivity index (χ1n) is 11.2. The lowest BCUT2D eigenvalue weighted by molar-refractivity contribution is -0.193. The molecular weight excluding hydrogens is 546 g/mol. The number of carboxylic acid groups (broad SMARTS) is 2. The maximum atomic E-state index is 10.6. The van der Waals surface area contributed by atoms with Crippen molar-refractivity contribution in [2.75, 3.05) is 39.4 Å². The molecule has 2 aromatic rings. The number of halogens is 6. The molecule has 2 aromatic heterocycles. The van der Waals surface area contributed by atoms with E-state index < -0.39 is 24.3 Å². The van der Waals surface area contributed by atoms with E-state index in [-0.39, 0.29) is 5.41 Å². The Morgan fingerprint density at radius 1 is 1.05 bits per heavy atom. The van der Waals surface area contributed by atoms with Crippen molar-refractivity contribution in [2.45, 2.75) is 31.9 Å². The summed E-state index contributed by atoms with van der Waals surface area (Å²) in [7, 11) is 2.07. The van der Waals surface area contributed by atoms with Gasteiger partial charge in [0.15, 0.2) is 0 Å². The Labute approximate surface area is 218 Å². The molecule has 0 amide bonds. The molecule has 0 bridgehead atoms. The Morgan fingerprint density at radius 2 is 1.63 bits per heavy atom. The zero-order valence-corrected chi connectivity index (χ0v) is 21.2. The molecule has 2 aliphatic heterocycles. The van der Waals surface area contributed by atoms with Gasteiger partial charge in [-0.25, -0.2) is 14.6 Å². The number of carbonyl (C=O) groups is 2. The van der Waals surface area contributed by atoms with E-state index in [4.69, 9.17) is 24.5 Å². The van der Waals surface area contributed by atoms with Crippen molar-refractivity contribution in [1.29, 1.82) is 0 Å². The summed E-state index contributed by atoms with van der Waals surface area (Å²) in [5.74, 6) is -4.37. The SMILES string of the molecule is Cn1ccnc1CN1CCOCC2(CCN(Cc3cccs3)C2)C1.O=C(O)C(F)(F)F.O=C(O)C(F)(F)F. The normalized spacial score (nSPS) is 20.7. The highest BCUT2D eigenvalue weighted by atomic mass is 32.1. The number of imidazole rings is 1. The van der Waals surface area contributed by atoms with Gasteiger partial charge in [0.05, 0.1) is 19.8 Å². The number of aryl methyl sites for hydroxylation is 1. The van der Waals surface area contributed by atoms with Crippen LogP contribution in [0.15, 0.2) is 29.9 Å². The summed E-state index contributed by atoms with van der Waals surface area (Å²) in [6.45, 7) is 8.15. The molecule has 0 aliphatic carbocycles. The number of rotatable bonds is 4. The highest BCUT2D eigenvalue weighted by Gasteiger charge is 2.41. The van der Waals surface area contributed by atoms with Crippen molar-refractivity contribution in [3.8, 4) is 0 Å². The van der Waals surface area contributed by atoms with Crippen molar-refractivity contribution in [2.24, 2.45) is 12.5 Å². The average molecular weight is 575 g/mol. The molecule has 2 N–H and O–H groups in total. The van der Waals surface area contributed by atoms with E-state index in [1.54, 1.807) is 0 Å². The van der Waals surface area contributed by atoms with Gasteiger partial charge in [-0.1, -0.05) is 6.07 Å². The number of alkyl halides is 6. The molecule has 4 heterocycles. The Balaban J connectivity index is 0.000000301. The summed E-state index contributed by atoms with van der Waals surface area (Å²) >= 11 is 1.86. The molecule has 214 valence electrons. The number of ether oxygens (including phenoxy) is 1. The highest BCUT2D eigenvalue weighted by molar-refractivity contribution is 7.09. The Hall–Kier alpha value is -2.69. The van der Waals surface area contributed by atoms with Gasteiger partial charge in [0.2, 0.25) is 0 Å². The number of nitrogens with zero attached hydrogens (tertiary/aromatic N) is 4. The van der Waals surface area contributed by atoms with E-state index in [0.29, 0.717) is 0 Å². The van der Waals surface area contributed by atoms with Gasteiger partial charge in [-0.05, 0) is 24.4 Å². The van der Waals surface area contributed by atoms with Crippen molar-refractivity contribution in [3.05, 3.63) is 40.6 Å². The third-order valence-electron chi connectivity index (χ3n) is 5.77. The minimum absolute atomic E-state index is 0.277. The first-order chi connectivity index (χ1) is 17.6. The van der Waals surface area contributed by atoms with Crippen molar-refractivity contribution >= 4 is 23.3 Å². The molecule has 2 saturated heterocycles. The quantitative estimate of drug-likeness (QED) is 0.535. The number of carboxylic acids is 2. The summed E-state index contributed by atoms with van der Waals surface area (Å²) in [6.07, 6.45) is -5.02. The van der Waals surface area contributed by atoms with Gasteiger partial charge < -0.3 is 19.5 Å². The fourth-order valence-corrected chi connectivity index (χ4v) is 4.74. The van der Waals surface area contributed by atoms with Crippen molar-refractivity contribution in [3.63, 3.8) is 0 Å². The van der Waals surface area contributed by atoms with Gasteiger partial charge in [0.25, 0.3) is 0 Å². The van der Waals surface area contributed by atoms with Crippen LogP contribution in [0.3, 0.4) is 0 Å². The maximum absolute atomic E-state index is 10.6. The second-order valence-electron chi connectivity index (χ2n) is 8.86. The minimum Gasteiger partial charge on any atom is -0.475 e. The number of hydrogen-bond acceptors (Lipinski definition) is 7. The van der Waals surface area contributed by atoms with Crippen molar-refractivity contribution < 1.29 is 50.9 Å². The van der Waals surface area contributed by atoms with Crippen LogP contribution in [0.1, 0.15) is 17.1 Å². The van der Waals surface area contributed by atoms with E-state index >= 15 is 0 Å². The topological polar surface area (TPSA) is 108 Å². The number of aromatic nitrogens is 2.